The summed E-state index contributed by atoms with van der Waals surface area (Å²) in [7, 11) is 3.91. The highest BCUT2D eigenvalue weighted by Gasteiger charge is 2.26. The number of nitrogens with zero attached hydrogens (tertiary/aromatic N) is 5. The molecule has 0 aromatic carbocycles. The van der Waals surface area contributed by atoms with E-state index in [4.69, 9.17) is 0 Å². The fraction of sp³-hybridized carbons (Fsp3) is 0.550. The molecule has 0 unspecified atom stereocenters. The summed E-state index contributed by atoms with van der Waals surface area (Å²) in [5.41, 5.74) is 1.41. The number of likely N-dealkylation sites (N-methyl/N-ethyl adjacent to an activating group) is 2. The molecule has 6 heteroatoms. The Balaban J connectivity index is 1.99. The predicted molar refractivity (Wildman–Crippen MR) is 102 cm³/mol. The number of pyridine rings is 1. The third-order valence-electron chi connectivity index (χ3n) is 5.06. The van der Waals surface area contributed by atoms with Gasteiger partial charge in [0.2, 0.25) is 0 Å². The number of aromatic nitrogens is 1. The van der Waals surface area contributed by atoms with Crippen LogP contribution in [0.1, 0.15) is 25.3 Å². The highest BCUT2D eigenvalue weighted by Crippen LogP contribution is 2.16. The molecule has 1 aliphatic heterocycles. The molecule has 0 bridgehead atoms. The molecule has 1 aliphatic rings. The number of carbonyl (C=O) groups is 1. The second-order valence-corrected chi connectivity index (χ2v) is 6.84. The van der Waals surface area contributed by atoms with Gasteiger partial charge in [-0.1, -0.05) is 0 Å². The van der Waals surface area contributed by atoms with Gasteiger partial charge in [0, 0.05) is 44.8 Å². The van der Waals surface area contributed by atoms with Gasteiger partial charge in [0.25, 0.3) is 5.91 Å². The number of likely N-dealkylation sites (tertiary alicyclic amines) is 1. The van der Waals surface area contributed by atoms with E-state index in [0.29, 0.717) is 0 Å². The second kappa shape index (κ2) is 9.93. The lowest BCUT2D eigenvalue weighted by Crippen LogP contribution is -2.45. The quantitative estimate of drug-likeness (QED) is 0.552. The summed E-state index contributed by atoms with van der Waals surface area (Å²) in [6.07, 6.45) is 8.04. The topological polar surface area (TPSA) is 63.5 Å². The van der Waals surface area contributed by atoms with Crippen LogP contribution in [0.5, 0.6) is 0 Å². The predicted octanol–water partition coefficient (Wildman–Crippen LogP) is 1.91. The van der Waals surface area contributed by atoms with Crippen LogP contribution in [0, 0.1) is 11.3 Å². The molecule has 0 aliphatic carbocycles. The number of hydrogen-bond acceptors (Lipinski definition) is 5. The molecule has 0 N–H and O–H groups in total. The van der Waals surface area contributed by atoms with Crippen molar-refractivity contribution in [3.63, 3.8) is 0 Å². The maximum atomic E-state index is 12.8. The number of hydrogen-bond donors (Lipinski definition) is 0. The first-order chi connectivity index (χ1) is 12.5. The monoisotopic (exact) mass is 355 g/mol. The summed E-state index contributed by atoms with van der Waals surface area (Å²) in [6, 6.07) is 6.29. The van der Waals surface area contributed by atoms with Crippen LogP contribution < -0.4 is 0 Å². The van der Waals surface area contributed by atoms with Gasteiger partial charge in [-0.3, -0.25) is 9.78 Å². The molecule has 1 fully saturated rings. The SMILES string of the molecule is CCN(/C=C(/C#N)C(=O)N(C)C1CCN(C)CC1)CCc1ccncc1. The van der Waals surface area contributed by atoms with Crippen LogP contribution in [0.25, 0.3) is 0 Å². The van der Waals surface area contributed by atoms with Crippen molar-refractivity contribution in [1.29, 1.82) is 5.26 Å². The van der Waals surface area contributed by atoms with Crippen molar-refractivity contribution in [2.45, 2.75) is 32.2 Å². The van der Waals surface area contributed by atoms with Crippen LogP contribution in [0.2, 0.25) is 0 Å². The Kier molecular flexibility index (Phi) is 7.61. The van der Waals surface area contributed by atoms with Crippen LogP contribution in [-0.4, -0.2) is 71.9 Å². The van der Waals surface area contributed by atoms with Gasteiger partial charge in [-0.05, 0) is 64.0 Å². The third kappa shape index (κ3) is 5.57. The Morgan fingerprint density at radius 2 is 2.04 bits per heavy atom. The molecular weight excluding hydrogens is 326 g/mol. The molecule has 1 saturated heterocycles. The summed E-state index contributed by atoms with van der Waals surface area (Å²) in [6.45, 7) is 5.52. The number of nitriles is 1. The number of piperidine rings is 1. The molecule has 2 heterocycles. The average molecular weight is 355 g/mol. The zero-order chi connectivity index (χ0) is 18.9. The molecule has 2 rings (SSSR count). The largest absolute Gasteiger partial charge is 0.376 e. The lowest BCUT2D eigenvalue weighted by Gasteiger charge is -2.35. The van der Waals surface area contributed by atoms with E-state index >= 15 is 0 Å². The van der Waals surface area contributed by atoms with E-state index in [9.17, 15) is 10.1 Å². The number of amides is 1. The van der Waals surface area contributed by atoms with Crippen LogP contribution in [-0.2, 0) is 11.2 Å². The van der Waals surface area contributed by atoms with Crippen LogP contribution in [0.15, 0.2) is 36.3 Å². The Hall–Kier alpha value is -2.39. The molecule has 1 aromatic heterocycles. The summed E-state index contributed by atoms with van der Waals surface area (Å²) in [5.74, 6) is -0.176. The van der Waals surface area contributed by atoms with E-state index in [1.54, 1.807) is 23.5 Å². The highest BCUT2D eigenvalue weighted by atomic mass is 16.2. The van der Waals surface area contributed by atoms with E-state index in [1.807, 2.05) is 31.0 Å². The van der Waals surface area contributed by atoms with Gasteiger partial charge in [-0.2, -0.15) is 5.26 Å². The lowest BCUT2D eigenvalue weighted by molar-refractivity contribution is -0.128. The number of carbonyl (C=O) groups excluding carboxylic acids is 1. The summed E-state index contributed by atoms with van der Waals surface area (Å²) in [4.78, 5) is 22.8. The maximum absolute atomic E-state index is 12.8. The van der Waals surface area contributed by atoms with Gasteiger partial charge in [0.1, 0.15) is 11.6 Å². The van der Waals surface area contributed by atoms with E-state index < -0.39 is 0 Å². The minimum atomic E-state index is -0.176. The first-order valence-electron chi connectivity index (χ1n) is 9.25. The van der Waals surface area contributed by atoms with Crippen molar-refractivity contribution in [1.82, 2.24) is 19.7 Å². The molecule has 26 heavy (non-hydrogen) atoms. The van der Waals surface area contributed by atoms with Crippen molar-refractivity contribution in [3.8, 4) is 6.07 Å². The van der Waals surface area contributed by atoms with Crippen LogP contribution >= 0.6 is 0 Å². The zero-order valence-electron chi connectivity index (χ0n) is 16.1. The van der Waals surface area contributed by atoms with Gasteiger partial charge < -0.3 is 14.7 Å². The van der Waals surface area contributed by atoms with Gasteiger partial charge in [-0.15, -0.1) is 0 Å². The zero-order valence-corrected chi connectivity index (χ0v) is 16.1. The van der Waals surface area contributed by atoms with Gasteiger partial charge in [0.05, 0.1) is 0 Å². The Labute approximate surface area is 156 Å². The van der Waals surface area contributed by atoms with Crippen molar-refractivity contribution >= 4 is 5.91 Å². The molecule has 1 aromatic rings. The van der Waals surface area contributed by atoms with Crippen LogP contribution in [0.3, 0.4) is 0 Å². The van der Waals surface area contributed by atoms with E-state index in [-0.39, 0.29) is 17.5 Å². The van der Waals surface area contributed by atoms with E-state index in [2.05, 4.69) is 23.0 Å². The van der Waals surface area contributed by atoms with Crippen LogP contribution in [0.4, 0.5) is 0 Å². The molecule has 0 spiro atoms. The fourth-order valence-electron chi connectivity index (χ4n) is 3.19. The van der Waals surface area contributed by atoms with Crippen molar-refractivity contribution in [2.24, 2.45) is 0 Å². The Morgan fingerprint density at radius 1 is 1.38 bits per heavy atom. The summed E-state index contributed by atoms with van der Waals surface area (Å²) < 4.78 is 0. The van der Waals surface area contributed by atoms with Gasteiger partial charge in [-0.25, -0.2) is 0 Å². The first kappa shape index (κ1) is 19.9. The molecular formula is C20H29N5O. The maximum Gasteiger partial charge on any atom is 0.265 e. The standard InChI is InChI=1S/C20H29N5O/c1-4-25(14-7-17-5-10-22-11-6-17)16-18(15-21)20(26)24(3)19-8-12-23(2)13-9-19/h5-6,10-11,16,19H,4,7-9,12-14H2,1-3H3/b18-16-. The molecule has 0 radical (unpaired) electrons. The Morgan fingerprint density at radius 3 is 2.62 bits per heavy atom. The molecule has 0 atom stereocenters. The number of rotatable bonds is 7. The second-order valence-electron chi connectivity index (χ2n) is 6.84. The normalized spacial score (nSPS) is 16.2. The fourth-order valence-corrected chi connectivity index (χ4v) is 3.19. The molecule has 1 amide bonds. The van der Waals surface area contributed by atoms with Crippen molar-refractivity contribution < 1.29 is 4.79 Å². The highest BCUT2D eigenvalue weighted by molar-refractivity contribution is 5.97. The van der Waals surface area contributed by atoms with Gasteiger partial charge >= 0.3 is 0 Å². The third-order valence-corrected chi connectivity index (χ3v) is 5.06. The molecule has 6 nitrogen and oxygen atoms in total. The van der Waals surface area contributed by atoms with Gasteiger partial charge in [0.15, 0.2) is 0 Å². The van der Waals surface area contributed by atoms with Crippen molar-refractivity contribution in [3.05, 3.63) is 41.9 Å². The van der Waals surface area contributed by atoms with Crippen molar-refractivity contribution in [2.75, 3.05) is 40.3 Å². The minimum absolute atomic E-state index is 0.176. The lowest BCUT2D eigenvalue weighted by atomic mass is 10.0. The average Bonchev–Trinajstić information content (AvgIpc) is 2.68. The minimum Gasteiger partial charge on any atom is -0.376 e. The molecule has 140 valence electrons. The van der Waals surface area contributed by atoms with E-state index in [0.717, 1.165) is 45.4 Å². The Bertz CT molecular complexity index is 644. The summed E-state index contributed by atoms with van der Waals surface area (Å²) >= 11 is 0. The smallest absolute Gasteiger partial charge is 0.265 e. The summed E-state index contributed by atoms with van der Waals surface area (Å²) in [5, 5.41) is 9.51. The van der Waals surface area contributed by atoms with E-state index in [1.165, 1.54) is 5.56 Å². The first-order valence-corrected chi connectivity index (χ1v) is 9.25. The molecule has 0 saturated carbocycles.